The number of aliphatic imine (C=N–C) groups is 1. The average Bonchev–Trinajstić information content (AvgIpc) is 2.17. The average molecular weight is 146 g/mol. The summed E-state index contributed by atoms with van der Waals surface area (Å²) in [5.74, 6) is 1.53. The second kappa shape index (κ2) is 3.08. The van der Waals surface area contributed by atoms with Gasteiger partial charge in [0.1, 0.15) is 5.84 Å². The van der Waals surface area contributed by atoms with Crippen LogP contribution in [0.5, 0.6) is 0 Å². The van der Waals surface area contributed by atoms with E-state index in [9.17, 15) is 0 Å². The zero-order chi connectivity index (χ0) is 6.69. The molecule has 1 aliphatic heterocycles. The van der Waals surface area contributed by atoms with Gasteiger partial charge in [0, 0.05) is 13.0 Å². The Labute approximate surface area is 58.3 Å². The number of amidine groups is 1. The first-order valence-electron chi connectivity index (χ1n) is 2.87. The Morgan fingerprint density at radius 2 is 2.67 bits per heavy atom. The topological polar surface area (TPSA) is 58.6 Å². The number of aliphatic hydroxyl groups excluding tert-OH is 1. The molecule has 1 atom stereocenters. The van der Waals surface area contributed by atoms with Crippen molar-refractivity contribution in [3.05, 3.63) is 0 Å². The smallest absolute Gasteiger partial charge is 0.105 e. The summed E-state index contributed by atoms with van der Waals surface area (Å²) >= 11 is 1.69. The predicted molar refractivity (Wildman–Crippen MR) is 39.6 cm³/mol. The number of nitrogens with two attached hydrogens (primary N) is 1. The summed E-state index contributed by atoms with van der Waals surface area (Å²) in [6.45, 7) is 0.203. The lowest BCUT2D eigenvalue weighted by Crippen LogP contribution is -2.10. The maximum Gasteiger partial charge on any atom is 0.105 e. The van der Waals surface area contributed by atoms with Gasteiger partial charge in [-0.15, -0.1) is 11.8 Å². The third-order valence-corrected chi connectivity index (χ3v) is 2.30. The van der Waals surface area contributed by atoms with Crippen molar-refractivity contribution in [3.63, 3.8) is 0 Å². The monoisotopic (exact) mass is 146 g/mol. The lowest BCUT2D eigenvalue weighted by Gasteiger charge is -1.99. The van der Waals surface area contributed by atoms with Gasteiger partial charge >= 0.3 is 0 Å². The summed E-state index contributed by atoms with van der Waals surface area (Å²) < 4.78 is 0. The van der Waals surface area contributed by atoms with Crippen molar-refractivity contribution in [1.29, 1.82) is 0 Å². The second-order valence-electron chi connectivity index (χ2n) is 1.90. The van der Waals surface area contributed by atoms with E-state index in [1.165, 1.54) is 0 Å². The normalized spacial score (nSPS) is 26.3. The number of hydrogen-bond donors (Lipinski definition) is 2. The summed E-state index contributed by atoms with van der Waals surface area (Å²) in [5.41, 5.74) is 5.40. The van der Waals surface area contributed by atoms with Gasteiger partial charge in [-0.3, -0.25) is 4.99 Å². The first-order valence-corrected chi connectivity index (χ1v) is 3.92. The van der Waals surface area contributed by atoms with Crippen LogP contribution < -0.4 is 5.73 Å². The highest BCUT2D eigenvalue weighted by Gasteiger charge is 2.14. The van der Waals surface area contributed by atoms with E-state index >= 15 is 0 Å². The van der Waals surface area contributed by atoms with Gasteiger partial charge in [0.25, 0.3) is 0 Å². The Morgan fingerprint density at radius 3 is 3.11 bits per heavy atom. The van der Waals surface area contributed by atoms with E-state index < -0.39 is 0 Å². The van der Waals surface area contributed by atoms with E-state index in [-0.39, 0.29) is 12.0 Å². The molecule has 0 aliphatic carbocycles. The molecule has 1 heterocycles. The fraction of sp³-hybridized carbons (Fsp3) is 0.800. The Hall–Kier alpha value is -0.220. The molecule has 0 spiro atoms. The first-order chi connectivity index (χ1) is 4.33. The quantitative estimate of drug-likeness (QED) is 0.567. The van der Waals surface area contributed by atoms with E-state index in [1.54, 1.807) is 11.8 Å². The van der Waals surface area contributed by atoms with Crippen LogP contribution in [0.4, 0.5) is 0 Å². The van der Waals surface area contributed by atoms with E-state index in [0.717, 1.165) is 12.2 Å². The van der Waals surface area contributed by atoms with Crippen molar-refractivity contribution in [2.24, 2.45) is 10.7 Å². The fourth-order valence-corrected chi connectivity index (χ4v) is 1.62. The molecule has 0 radical (unpaired) electrons. The van der Waals surface area contributed by atoms with Crippen LogP contribution in [0.25, 0.3) is 0 Å². The molecule has 1 rings (SSSR count). The number of hydrogen-bond acceptors (Lipinski definition) is 4. The lowest BCUT2D eigenvalue weighted by molar-refractivity contribution is 0.288. The molecule has 52 valence electrons. The molecule has 4 heteroatoms. The molecule has 0 bridgehead atoms. The van der Waals surface area contributed by atoms with Crippen LogP contribution in [-0.4, -0.2) is 28.7 Å². The summed E-state index contributed by atoms with van der Waals surface area (Å²) in [6.07, 6.45) is 0.728. The van der Waals surface area contributed by atoms with Gasteiger partial charge in [-0.2, -0.15) is 0 Å². The Morgan fingerprint density at radius 1 is 1.89 bits per heavy atom. The molecular weight excluding hydrogens is 136 g/mol. The summed E-state index contributed by atoms with van der Waals surface area (Å²) in [4.78, 5) is 4.08. The third kappa shape index (κ3) is 1.87. The molecule has 3 N–H and O–H groups in total. The van der Waals surface area contributed by atoms with Gasteiger partial charge < -0.3 is 10.8 Å². The van der Waals surface area contributed by atoms with Crippen LogP contribution in [0.1, 0.15) is 6.42 Å². The molecule has 3 nitrogen and oxygen atoms in total. The number of nitrogens with zero attached hydrogens (tertiary/aromatic N) is 1. The highest BCUT2D eigenvalue weighted by atomic mass is 32.2. The minimum Gasteiger partial charge on any atom is -0.396 e. The van der Waals surface area contributed by atoms with Crippen molar-refractivity contribution in [2.45, 2.75) is 11.8 Å². The van der Waals surface area contributed by atoms with Crippen LogP contribution in [0.2, 0.25) is 0 Å². The van der Waals surface area contributed by atoms with Crippen LogP contribution in [0.15, 0.2) is 4.99 Å². The van der Waals surface area contributed by atoms with Crippen LogP contribution >= 0.6 is 11.8 Å². The highest BCUT2D eigenvalue weighted by molar-refractivity contribution is 8.00. The van der Waals surface area contributed by atoms with Crippen molar-refractivity contribution in [2.75, 3.05) is 12.4 Å². The predicted octanol–water partition coefficient (Wildman–Crippen LogP) is -0.201. The molecule has 0 fully saturated rings. The molecular formula is C5H10N2OS. The minimum absolute atomic E-state index is 0.203. The first kappa shape index (κ1) is 6.89. The van der Waals surface area contributed by atoms with Crippen molar-refractivity contribution in [3.8, 4) is 0 Å². The van der Waals surface area contributed by atoms with Gasteiger partial charge in [-0.25, -0.2) is 0 Å². The number of aliphatic hydroxyl groups is 1. The van der Waals surface area contributed by atoms with E-state index in [1.807, 2.05) is 0 Å². The Kier molecular flexibility index (Phi) is 2.36. The van der Waals surface area contributed by atoms with E-state index in [2.05, 4.69) is 4.99 Å². The van der Waals surface area contributed by atoms with E-state index in [0.29, 0.717) is 5.84 Å². The minimum atomic E-state index is 0.203. The SMILES string of the molecule is NC1=NC(CCO)SC1. The molecule has 0 amide bonds. The Balaban J connectivity index is 2.29. The van der Waals surface area contributed by atoms with Crippen molar-refractivity contribution < 1.29 is 5.11 Å². The van der Waals surface area contributed by atoms with Gasteiger partial charge in [0.2, 0.25) is 0 Å². The van der Waals surface area contributed by atoms with Crippen molar-refractivity contribution in [1.82, 2.24) is 0 Å². The summed E-state index contributed by atoms with van der Waals surface area (Å²) in [7, 11) is 0. The van der Waals surface area contributed by atoms with Gasteiger partial charge in [-0.1, -0.05) is 0 Å². The highest BCUT2D eigenvalue weighted by Crippen LogP contribution is 2.20. The number of rotatable bonds is 2. The van der Waals surface area contributed by atoms with Gasteiger partial charge in [0.05, 0.1) is 11.1 Å². The lowest BCUT2D eigenvalue weighted by atomic mass is 10.4. The second-order valence-corrected chi connectivity index (χ2v) is 3.06. The summed E-state index contributed by atoms with van der Waals surface area (Å²) in [6, 6.07) is 0. The van der Waals surface area contributed by atoms with Crippen LogP contribution in [0.3, 0.4) is 0 Å². The van der Waals surface area contributed by atoms with E-state index in [4.69, 9.17) is 10.8 Å². The standard InChI is InChI=1S/C5H10N2OS/c6-4-3-9-5(7-4)1-2-8/h5,8H,1-3H2,(H2,6,7). The molecule has 0 saturated heterocycles. The molecule has 0 saturated carbocycles. The number of thioether (sulfide) groups is 1. The molecule has 1 aliphatic rings. The largest absolute Gasteiger partial charge is 0.396 e. The zero-order valence-corrected chi connectivity index (χ0v) is 5.90. The molecule has 0 aromatic rings. The van der Waals surface area contributed by atoms with Gasteiger partial charge in [0.15, 0.2) is 0 Å². The Bertz CT molecular complexity index is 126. The zero-order valence-electron chi connectivity index (χ0n) is 5.08. The molecule has 0 aromatic heterocycles. The maximum atomic E-state index is 8.49. The van der Waals surface area contributed by atoms with Crippen LogP contribution in [0, 0.1) is 0 Å². The fourth-order valence-electron chi connectivity index (χ4n) is 0.699. The summed E-state index contributed by atoms with van der Waals surface area (Å²) in [5, 5.41) is 8.71. The molecule has 0 aromatic carbocycles. The molecule has 1 unspecified atom stereocenters. The maximum absolute atomic E-state index is 8.49. The van der Waals surface area contributed by atoms with Crippen LogP contribution in [-0.2, 0) is 0 Å². The van der Waals surface area contributed by atoms with Crippen molar-refractivity contribution >= 4 is 17.6 Å². The third-order valence-electron chi connectivity index (χ3n) is 1.11. The molecule has 9 heavy (non-hydrogen) atoms. The van der Waals surface area contributed by atoms with Gasteiger partial charge in [-0.05, 0) is 0 Å².